The summed E-state index contributed by atoms with van der Waals surface area (Å²) < 4.78 is 4.89. The lowest BCUT2D eigenvalue weighted by Crippen LogP contribution is -2.41. The Morgan fingerprint density at radius 2 is 1.21 bits per heavy atom. The van der Waals surface area contributed by atoms with Crippen LogP contribution in [0.2, 0.25) is 0 Å². The second kappa shape index (κ2) is 25.9. The number of nitrogens with one attached hydrogen (secondary N) is 1. The molecule has 11 heteroatoms. The lowest BCUT2D eigenvalue weighted by atomic mass is 10.1. The van der Waals surface area contributed by atoms with E-state index < -0.39 is 30.0 Å². The highest BCUT2D eigenvalue weighted by Crippen LogP contribution is 2.10. The van der Waals surface area contributed by atoms with Crippen molar-refractivity contribution in [2.24, 2.45) is 5.73 Å². The number of rotatable bonds is 23. The number of carbonyl (C=O) groups excluding carboxylic acids is 2. The van der Waals surface area contributed by atoms with Gasteiger partial charge in [-0.05, 0) is 25.7 Å². The number of aliphatic carboxylic acids is 3. The largest absolute Gasteiger partial charge is 0.481 e. The number of carboxylic acid groups (broad SMARTS) is 3. The van der Waals surface area contributed by atoms with E-state index in [2.05, 4.69) is 19.2 Å². The second-order valence-corrected chi connectivity index (χ2v) is 9.38. The average molecular weight is 547 g/mol. The van der Waals surface area contributed by atoms with Crippen LogP contribution in [0.4, 0.5) is 0 Å². The summed E-state index contributed by atoms with van der Waals surface area (Å²) in [6, 6.07) is -2.09. The first-order valence-corrected chi connectivity index (χ1v) is 13.9. The molecular formula is C27H50N2O9. The van der Waals surface area contributed by atoms with Crippen LogP contribution >= 0.6 is 0 Å². The van der Waals surface area contributed by atoms with Gasteiger partial charge in [-0.2, -0.15) is 0 Å². The first-order valence-electron chi connectivity index (χ1n) is 13.9. The van der Waals surface area contributed by atoms with Crippen molar-refractivity contribution in [3.05, 3.63) is 0 Å². The van der Waals surface area contributed by atoms with Gasteiger partial charge < -0.3 is 31.1 Å². The number of esters is 1. The molecule has 0 bridgehead atoms. The fraction of sp³-hybridized carbons (Fsp3) is 0.815. The van der Waals surface area contributed by atoms with E-state index in [0.29, 0.717) is 13.0 Å². The number of ether oxygens (including phenoxy) is 1. The first-order chi connectivity index (χ1) is 18.0. The Balaban J connectivity index is 0. The molecule has 38 heavy (non-hydrogen) atoms. The molecule has 222 valence electrons. The lowest BCUT2D eigenvalue weighted by molar-refractivity contribution is -0.145. The normalized spacial score (nSPS) is 12.0. The van der Waals surface area contributed by atoms with Gasteiger partial charge in [0, 0.05) is 19.3 Å². The highest BCUT2D eigenvalue weighted by atomic mass is 16.5. The molecule has 0 aliphatic heterocycles. The molecule has 0 fully saturated rings. The van der Waals surface area contributed by atoms with E-state index >= 15 is 0 Å². The van der Waals surface area contributed by atoms with Gasteiger partial charge in [-0.3, -0.25) is 19.2 Å². The summed E-state index contributed by atoms with van der Waals surface area (Å²) in [5.74, 6) is -4.03. The summed E-state index contributed by atoms with van der Waals surface area (Å²) in [5.41, 5.74) is 5.23. The predicted molar refractivity (Wildman–Crippen MR) is 144 cm³/mol. The van der Waals surface area contributed by atoms with Gasteiger partial charge in [0.1, 0.15) is 12.1 Å². The first kappa shape index (κ1) is 37.5. The molecule has 0 heterocycles. The van der Waals surface area contributed by atoms with Crippen LogP contribution in [0.25, 0.3) is 0 Å². The van der Waals surface area contributed by atoms with Crippen LogP contribution < -0.4 is 11.1 Å². The molecule has 0 radical (unpaired) electrons. The zero-order valence-corrected chi connectivity index (χ0v) is 23.3. The van der Waals surface area contributed by atoms with Crippen LogP contribution in [-0.2, 0) is 28.7 Å². The highest BCUT2D eigenvalue weighted by Gasteiger charge is 2.20. The van der Waals surface area contributed by atoms with Crippen LogP contribution in [0.5, 0.6) is 0 Å². The summed E-state index contributed by atoms with van der Waals surface area (Å²) in [6.45, 7) is 4.67. The highest BCUT2D eigenvalue weighted by molar-refractivity contribution is 5.83. The monoisotopic (exact) mass is 546 g/mol. The lowest BCUT2D eigenvalue weighted by Gasteiger charge is -2.13. The second-order valence-electron chi connectivity index (χ2n) is 9.38. The molecule has 0 saturated carbocycles. The van der Waals surface area contributed by atoms with Crippen molar-refractivity contribution >= 4 is 29.8 Å². The van der Waals surface area contributed by atoms with Gasteiger partial charge in [0.25, 0.3) is 0 Å². The summed E-state index contributed by atoms with van der Waals surface area (Å²) in [4.78, 5) is 54.5. The maximum absolute atomic E-state index is 11.7. The minimum Gasteiger partial charge on any atom is -0.481 e. The van der Waals surface area contributed by atoms with Crippen LogP contribution in [0.3, 0.4) is 0 Å². The molecule has 0 spiro atoms. The molecule has 6 N–H and O–H groups in total. The van der Waals surface area contributed by atoms with Crippen molar-refractivity contribution < 1.29 is 44.0 Å². The van der Waals surface area contributed by atoms with E-state index in [1.165, 1.54) is 38.5 Å². The summed E-state index contributed by atoms with van der Waals surface area (Å²) in [5, 5.41) is 28.4. The Morgan fingerprint density at radius 3 is 1.71 bits per heavy atom. The molecule has 0 saturated heterocycles. The number of unbranched alkanes of at least 4 members (excludes halogenated alkanes) is 10. The van der Waals surface area contributed by atoms with E-state index in [0.717, 1.165) is 38.5 Å². The van der Waals surface area contributed by atoms with E-state index in [1.54, 1.807) is 0 Å². The van der Waals surface area contributed by atoms with Crippen molar-refractivity contribution in [1.29, 1.82) is 0 Å². The number of amides is 1. The van der Waals surface area contributed by atoms with Crippen LogP contribution in [-0.4, -0.2) is 63.8 Å². The van der Waals surface area contributed by atoms with Crippen molar-refractivity contribution in [1.82, 2.24) is 5.32 Å². The number of hydrogen-bond acceptors (Lipinski definition) is 7. The van der Waals surface area contributed by atoms with Gasteiger partial charge in [0.2, 0.25) is 5.91 Å². The van der Waals surface area contributed by atoms with Crippen LogP contribution in [0.1, 0.15) is 123 Å². The van der Waals surface area contributed by atoms with Crippen molar-refractivity contribution in [3.63, 3.8) is 0 Å². The average Bonchev–Trinajstić information content (AvgIpc) is 2.86. The minimum atomic E-state index is -1.19. The molecule has 0 rings (SSSR count). The van der Waals surface area contributed by atoms with Crippen molar-refractivity contribution in [2.75, 3.05) is 6.61 Å². The Labute approximate surface area is 226 Å². The number of nitrogens with two attached hydrogens (primary N) is 1. The van der Waals surface area contributed by atoms with E-state index in [9.17, 15) is 24.0 Å². The van der Waals surface area contributed by atoms with Gasteiger partial charge >= 0.3 is 23.9 Å². The SMILES string of the molecule is CCCCCCCCCCCC(=O)N[C@@H](CCC(=O)O)C(=O)O.CCCCCOC(=O)CC[C@H](N)C(=O)O. The summed E-state index contributed by atoms with van der Waals surface area (Å²) >= 11 is 0. The van der Waals surface area contributed by atoms with Gasteiger partial charge in [-0.25, -0.2) is 4.79 Å². The fourth-order valence-corrected chi connectivity index (χ4v) is 3.39. The van der Waals surface area contributed by atoms with Crippen molar-refractivity contribution in [2.45, 2.75) is 135 Å². The van der Waals surface area contributed by atoms with Crippen LogP contribution in [0, 0.1) is 0 Å². The quantitative estimate of drug-likeness (QED) is 0.0913. The molecular weight excluding hydrogens is 496 g/mol. The maximum Gasteiger partial charge on any atom is 0.326 e. The number of hydrogen-bond donors (Lipinski definition) is 5. The van der Waals surface area contributed by atoms with E-state index in [1.807, 2.05) is 0 Å². The van der Waals surface area contributed by atoms with Gasteiger partial charge in [-0.15, -0.1) is 0 Å². The third-order valence-electron chi connectivity index (χ3n) is 5.78. The smallest absolute Gasteiger partial charge is 0.326 e. The maximum atomic E-state index is 11.7. The minimum absolute atomic E-state index is 0.0690. The number of carboxylic acids is 3. The molecule has 0 aromatic rings. The Hall–Kier alpha value is -2.69. The third kappa shape index (κ3) is 26.4. The zero-order valence-electron chi connectivity index (χ0n) is 23.3. The molecule has 0 unspecified atom stereocenters. The zero-order chi connectivity index (χ0) is 29.2. The van der Waals surface area contributed by atoms with Crippen molar-refractivity contribution in [3.8, 4) is 0 Å². The predicted octanol–water partition coefficient (Wildman–Crippen LogP) is 4.25. The third-order valence-corrected chi connectivity index (χ3v) is 5.78. The molecule has 0 aromatic carbocycles. The topological polar surface area (TPSA) is 193 Å². The van der Waals surface area contributed by atoms with Gasteiger partial charge in [-0.1, -0.05) is 78.1 Å². The molecule has 0 aromatic heterocycles. The summed E-state index contributed by atoms with van der Waals surface area (Å²) in [7, 11) is 0. The van der Waals surface area contributed by atoms with Gasteiger partial charge in [0.05, 0.1) is 6.61 Å². The van der Waals surface area contributed by atoms with Crippen LogP contribution in [0.15, 0.2) is 0 Å². The molecule has 11 nitrogen and oxygen atoms in total. The standard InChI is InChI=1S/C17H31NO5.C10H19NO4/c1-2-3-4-5-6-7-8-9-10-11-15(19)18-14(17(22)23)12-13-16(20)21;1-2-3-4-7-15-9(12)6-5-8(11)10(13)14/h14H,2-13H2,1H3,(H,18,19)(H,20,21)(H,22,23);8H,2-7,11H2,1H3,(H,13,14)/t14-;8-/m00/s1. The Kier molecular flexibility index (Phi) is 25.6. The Bertz CT molecular complexity index is 671. The van der Waals surface area contributed by atoms with E-state index in [-0.39, 0.29) is 37.6 Å². The van der Waals surface area contributed by atoms with E-state index in [4.69, 9.17) is 25.8 Å². The fourth-order valence-electron chi connectivity index (χ4n) is 3.39. The molecule has 1 amide bonds. The van der Waals surface area contributed by atoms with Gasteiger partial charge in [0.15, 0.2) is 0 Å². The molecule has 0 aliphatic carbocycles. The summed E-state index contributed by atoms with van der Waals surface area (Å²) in [6.07, 6.45) is 13.4. The number of carbonyl (C=O) groups is 5. The Morgan fingerprint density at radius 1 is 0.684 bits per heavy atom. The molecule has 2 atom stereocenters. The molecule has 0 aliphatic rings.